The van der Waals surface area contributed by atoms with Crippen LogP contribution in [0.25, 0.3) is 0 Å². The van der Waals surface area contributed by atoms with E-state index in [2.05, 4.69) is 5.32 Å². The molecule has 1 amide bonds. The lowest BCUT2D eigenvalue weighted by atomic mass is 9.95. The van der Waals surface area contributed by atoms with Crippen molar-refractivity contribution in [3.05, 3.63) is 29.8 Å². The van der Waals surface area contributed by atoms with Crippen molar-refractivity contribution in [1.82, 2.24) is 0 Å². The number of carbonyl (C=O) groups is 3. The molecule has 1 saturated carbocycles. The van der Waals surface area contributed by atoms with Crippen LogP contribution in [0.4, 0.5) is 5.69 Å². The third-order valence-corrected chi connectivity index (χ3v) is 3.59. The van der Waals surface area contributed by atoms with E-state index in [4.69, 9.17) is 10.2 Å². The van der Waals surface area contributed by atoms with Crippen LogP contribution in [0.15, 0.2) is 24.3 Å². The molecule has 1 aromatic carbocycles. The van der Waals surface area contributed by atoms with Gasteiger partial charge in [0.2, 0.25) is 5.91 Å². The predicted molar refractivity (Wildman–Crippen MR) is 70.5 cm³/mol. The number of hydrogen-bond donors (Lipinski definition) is 3. The van der Waals surface area contributed by atoms with Crippen molar-refractivity contribution in [2.75, 3.05) is 5.32 Å². The molecule has 0 radical (unpaired) electrons. The molecule has 6 heteroatoms. The van der Waals surface area contributed by atoms with Crippen LogP contribution in [0.3, 0.4) is 0 Å². The zero-order chi connectivity index (χ0) is 14.7. The number of carbonyl (C=O) groups excluding carboxylic acids is 1. The fourth-order valence-electron chi connectivity index (χ4n) is 2.57. The lowest BCUT2D eigenvalue weighted by Gasteiger charge is -2.16. The molecule has 106 valence electrons. The molecule has 2 unspecified atom stereocenters. The van der Waals surface area contributed by atoms with E-state index in [-0.39, 0.29) is 11.3 Å². The summed E-state index contributed by atoms with van der Waals surface area (Å²) in [5, 5.41) is 20.6. The van der Waals surface area contributed by atoms with Crippen LogP contribution in [0.1, 0.15) is 29.6 Å². The molecule has 0 aliphatic heterocycles. The fourth-order valence-corrected chi connectivity index (χ4v) is 2.57. The van der Waals surface area contributed by atoms with Gasteiger partial charge in [0.15, 0.2) is 0 Å². The third-order valence-electron chi connectivity index (χ3n) is 3.59. The molecule has 6 nitrogen and oxygen atoms in total. The number of aliphatic carboxylic acids is 1. The standard InChI is InChI=1S/C14H15NO5/c16-12(8-5-3-6-9(8)13(17)18)15-11-7-2-1-4-10(11)14(19)20/h1-2,4,7-9H,3,5-6H2,(H,15,16)(H,17,18)(H,19,20). The Hall–Kier alpha value is -2.37. The van der Waals surface area contributed by atoms with Crippen molar-refractivity contribution in [1.29, 1.82) is 0 Å². The highest BCUT2D eigenvalue weighted by Crippen LogP contribution is 2.33. The van der Waals surface area contributed by atoms with E-state index in [1.165, 1.54) is 12.1 Å². The Labute approximate surface area is 115 Å². The minimum atomic E-state index is -1.14. The Balaban J connectivity index is 2.16. The van der Waals surface area contributed by atoms with Crippen LogP contribution >= 0.6 is 0 Å². The Kier molecular flexibility index (Phi) is 4.02. The topological polar surface area (TPSA) is 104 Å². The van der Waals surface area contributed by atoms with Gasteiger partial charge in [-0.25, -0.2) is 4.79 Å². The summed E-state index contributed by atoms with van der Waals surface area (Å²) < 4.78 is 0. The molecule has 2 rings (SSSR count). The van der Waals surface area contributed by atoms with Crippen LogP contribution in [0.2, 0.25) is 0 Å². The average Bonchev–Trinajstić information content (AvgIpc) is 2.88. The Bertz CT molecular complexity index is 554. The Morgan fingerprint density at radius 3 is 2.35 bits per heavy atom. The first kappa shape index (κ1) is 14.0. The fraction of sp³-hybridized carbons (Fsp3) is 0.357. The van der Waals surface area contributed by atoms with Gasteiger partial charge in [0.1, 0.15) is 0 Å². The Morgan fingerprint density at radius 2 is 1.70 bits per heavy atom. The number of nitrogens with one attached hydrogen (secondary N) is 1. The minimum absolute atomic E-state index is 0.00859. The normalized spacial score (nSPS) is 21.4. The van der Waals surface area contributed by atoms with Gasteiger partial charge in [0, 0.05) is 0 Å². The average molecular weight is 277 g/mol. The van der Waals surface area contributed by atoms with Gasteiger partial charge in [-0.3, -0.25) is 9.59 Å². The number of aromatic carboxylic acids is 1. The number of carboxylic acid groups (broad SMARTS) is 2. The maximum atomic E-state index is 12.1. The molecule has 2 atom stereocenters. The number of hydrogen-bond acceptors (Lipinski definition) is 3. The molecule has 0 saturated heterocycles. The van der Waals surface area contributed by atoms with Crippen LogP contribution < -0.4 is 5.32 Å². The van der Waals surface area contributed by atoms with Crippen LogP contribution in [0, 0.1) is 11.8 Å². The van der Waals surface area contributed by atoms with Gasteiger partial charge in [0.05, 0.1) is 23.1 Å². The summed E-state index contributed by atoms with van der Waals surface area (Å²) in [4.78, 5) is 34.3. The monoisotopic (exact) mass is 277 g/mol. The van der Waals surface area contributed by atoms with Crippen molar-refractivity contribution in [3.63, 3.8) is 0 Å². The first-order valence-electron chi connectivity index (χ1n) is 6.36. The summed E-state index contributed by atoms with van der Waals surface area (Å²) in [5.74, 6) is -3.83. The molecule has 1 fully saturated rings. The second-order valence-electron chi connectivity index (χ2n) is 4.82. The van der Waals surface area contributed by atoms with Gasteiger partial charge in [0.25, 0.3) is 0 Å². The van der Waals surface area contributed by atoms with E-state index in [1.54, 1.807) is 12.1 Å². The van der Waals surface area contributed by atoms with Crippen LogP contribution in [0.5, 0.6) is 0 Å². The van der Waals surface area contributed by atoms with Crippen molar-refractivity contribution >= 4 is 23.5 Å². The number of carboxylic acids is 2. The molecular formula is C14H15NO5. The molecule has 1 aliphatic carbocycles. The molecule has 1 aliphatic rings. The second kappa shape index (κ2) is 5.73. The molecule has 0 spiro atoms. The van der Waals surface area contributed by atoms with E-state index in [0.29, 0.717) is 19.3 Å². The zero-order valence-electron chi connectivity index (χ0n) is 10.7. The van der Waals surface area contributed by atoms with Gasteiger partial charge in [-0.2, -0.15) is 0 Å². The highest BCUT2D eigenvalue weighted by molar-refractivity contribution is 6.02. The number of rotatable bonds is 4. The highest BCUT2D eigenvalue weighted by Gasteiger charge is 2.37. The largest absolute Gasteiger partial charge is 0.481 e. The lowest BCUT2D eigenvalue weighted by molar-refractivity contribution is -0.145. The van der Waals surface area contributed by atoms with Crippen molar-refractivity contribution in [2.24, 2.45) is 11.8 Å². The summed E-state index contributed by atoms with van der Waals surface area (Å²) >= 11 is 0. The van der Waals surface area contributed by atoms with Crippen molar-refractivity contribution < 1.29 is 24.6 Å². The van der Waals surface area contributed by atoms with E-state index >= 15 is 0 Å². The van der Waals surface area contributed by atoms with Crippen molar-refractivity contribution in [3.8, 4) is 0 Å². The van der Waals surface area contributed by atoms with Gasteiger partial charge in [-0.05, 0) is 25.0 Å². The smallest absolute Gasteiger partial charge is 0.337 e. The predicted octanol–water partition coefficient (Wildman–Crippen LogP) is 1.82. The maximum absolute atomic E-state index is 12.1. The molecule has 3 N–H and O–H groups in total. The van der Waals surface area contributed by atoms with E-state index in [0.717, 1.165) is 0 Å². The van der Waals surface area contributed by atoms with Crippen LogP contribution in [-0.2, 0) is 9.59 Å². The number of benzene rings is 1. The molecule has 0 heterocycles. The molecule has 20 heavy (non-hydrogen) atoms. The second-order valence-corrected chi connectivity index (χ2v) is 4.82. The maximum Gasteiger partial charge on any atom is 0.337 e. The van der Waals surface area contributed by atoms with Gasteiger partial charge >= 0.3 is 11.9 Å². The van der Waals surface area contributed by atoms with E-state index in [9.17, 15) is 14.4 Å². The first-order chi connectivity index (χ1) is 9.50. The van der Waals surface area contributed by atoms with E-state index in [1.807, 2.05) is 0 Å². The minimum Gasteiger partial charge on any atom is -0.481 e. The zero-order valence-corrected chi connectivity index (χ0v) is 10.7. The Morgan fingerprint density at radius 1 is 1.05 bits per heavy atom. The summed E-state index contributed by atoms with van der Waals surface area (Å²) in [7, 11) is 0. The molecule has 1 aromatic rings. The molecule has 0 bridgehead atoms. The quantitative estimate of drug-likeness (QED) is 0.778. The SMILES string of the molecule is O=C(O)c1ccccc1NC(=O)C1CCCC1C(=O)O. The highest BCUT2D eigenvalue weighted by atomic mass is 16.4. The first-order valence-corrected chi connectivity index (χ1v) is 6.36. The van der Waals surface area contributed by atoms with E-state index < -0.39 is 29.7 Å². The summed E-state index contributed by atoms with van der Waals surface area (Å²) in [6.07, 6.45) is 1.68. The summed E-state index contributed by atoms with van der Waals surface area (Å²) in [5.41, 5.74) is 0.187. The summed E-state index contributed by atoms with van der Waals surface area (Å²) in [6, 6.07) is 6.06. The molecular weight excluding hydrogens is 262 g/mol. The van der Waals surface area contributed by atoms with Crippen molar-refractivity contribution in [2.45, 2.75) is 19.3 Å². The van der Waals surface area contributed by atoms with Gasteiger partial charge < -0.3 is 15.5 Å². The number of amides is 1. The molecule has 0 aromatic heterocycles. The summed E-state index contributed by atoms with van der Waals surface area (Å²) in [6.45, 7) is 0. The van der Waals surface area contributed by atoms with Gasteiger partial charge in [-0.1, -0.05) is 18.6 Å². The van der Waals surface area contributed by atoms with Crippen LogP contribution in [-0.4, -0.2) is 28.1 Å². The number of anilines is 1. The number of para-hydroxylation sites is 1. The lowest BCUT2D eigenvalue weighted by Crippen LogP contribution is -2.30. The van der Waals surface area contributed by atoms with Gasteiger partial charge in [-0.15, -0.1) is 0 Å². The third kappa shape index (κ3) is 2.79.